The molecule has 92 valence electrons. The molecule has 0 aliphatic carbocycles. The van der Waals surface area contributed by atoms with Gasteiger partial charge in [-0.1, -0.05) is 13.8 Å². The van der Waals surface area contributed by atoms with Crippen molar-refractivity contribution in [2.45, 2.75) is 26.7 Å². The Hall–Kier alpha value is -1.04. The molecule has 6 heteroatoms. The zero-order valence-corrected chi connectivity index (χ0v) is 11.1. The fourth-order valence-corrected chi connectivity index (χ4v) is 2.11. The fourth-order valence-electron chi connectivity index (χ4n) is 1.59. The smallest absolute Gasteiger partial charge is 0.212 e. The summed E-state index contributed by atoms with van der Waals surface area (Å²) in [5.41, 5.74) is 0.401. The third-order valence-corrected chi connectivity index (χ3v) is 2.87. The molecule has 0 atom stereocenters. The van der Waals surface area contributed by atoms with E-state index in [1.807, 2.05) is 0 Å². The average molecular weight is 304 g/mol. The van der Waals surface area contributed by atoms with Crippen molar-refractivity contribution in [3.05, 3.63) is 28.1 Å². The van der Waals surface area contributed by atoms with Gasteiger partial charge in [0.2, 0.25) is 0 Å². The van der Waals surface area contributed by atoms with E-state index in [0.717, 1.165) is 6.42 Å². The van der Waals surface area contributed by atoms with E-state index in [-0.39, 0.29) is 5.56 Å². The van der Waals surface area contributed by atoms with Crippen molar-refractivity contribution in [3.8, 4) is 0 Å². The van der Waals surface area contributed by atoms with Crippen LogP contribution < -0.4 is 0 Å². The molecule has 2 heterocycles. The summed E-state index contributed by atoms with van der Waals surface area (Å²) < 4.78 is 27.3. The highest BCUT2D eigenvalue weighted by molar-refractivity contribution is 9.10. The molecule has 0 saturated heterocycles. The van der Waals surface area contributed by atoms with Crippen LogP contribution in [-0.4, -0.2) is 14.6 Å². The summed E-state index contributed by atoms with van der Waals surface area (Å²) in [7, 11) is 0. The monoisotopic (exact) mass is 303 g/mol. The fraction of sp³-hybridized carbons (Fsp3) is 0.455. The molecule has 2 aromatic rings. The van der Waals surface area contributed by atoms with Crippen LogP contribution in [-0.2, 0) is 6.42 Å². The van der Waals surface area contributed by atoms with E-state index in [2.05, 4.69) is 39.9 Å². The van der Waals surface area contributed by atoms with Crippen LogP contribution in [0.3, 0.4) is 0 Å². The van der Waals surface area contributed by atoms with Crippen molar-refractivity contribution in [1.29, 1.82) is 0 Å². The van der Waals surface area contributed by atoms with Gasteiger partial charge in [0.05, 0.1) is 0 Å². The number of alkyl halides is 2. The zero-order chi connectivity index (χ0) is 12.6. The van der Waals surface area contributed by atoms with Gasteiger partial charge < -0.3 is 0 Å². The molecule has 0 aromatic carbocycles. The lowest BCUT2D eigenvalue weighted by atomic mass is 10.1. The summed E-state index contributed by atoms with van der Waals surface area (Å²) in [6.07, 6.45) is -1.76. The van der Waals surface area contributed by atoms with E-state index in [1.165, 1.54) is 16.6 Å². The molecule has 0 bridgehead atoms. The van der Waals surface area contributed by atoms with Gasteiger partial charge in [0.15, 0.2) is 11.5 Å². The third kappa shape index (κ3) is 2.62. The SMILES string of the molecule is CC(C)Cc1nc2cc(C(F)F)cc(Br)n2n1. The molecule has 0 aliphatic rings. The van der Waals surface area contributed by atoms with Gasteiger partial charge in [-0.25, -0.2) is 18.3 Å². The lowest BCUT2D eigenvalue weighted by Gasteiger charge is -2.01. The molecule has 0 amide bonds. The Morgan fingerprint density at radius 3 is 2.65 bits per heavy atom. The Morgan fingerprint density at radius 2 is 2.06 bits per heavy atom. The number of pyridine rings is 1. The van der Waals surface area contributed by atoms with Gasteiger partial charge in [0.1, 0.15) is 4.60 Å². The highest BCUT2D eigenvalue weighted by Gasteiger charge is 2.13. The van der Waals surface area contributed by atoms with Crippen molar-refractivity contribution in [1.82, 2.24) is 14.6 Å². The van der Waals surface area contributed by atoms with Crippen molar-refractivity contribution in [2.24, 2.45) is 5.92 Å². The van der Waals surface area contributed by atoms with Gasteiger partial charge in [0.25, 0.3) is 6.43 Å². The number of aromatic nitrogens is 3. The topological polar surface area (TPSA) is 30.2 Å². The number of nitrogens with zero attached hydrogens (tertiary/aromatic N) is 3. The molecule has 0 saturated carbocycles. The summed E-state index contributed by atoms with van der Waals surface area (Å²) >= 11 is 3.22. The standard InChI is InChI=1S/C11H12BrF2N3/c1-6(2)3-9-15-10-5-7(11(13)14)4-8(12)17(10)16-9/h4-6,11H,3H2,1-2H3. The maximum atomic E-state index is 12.6. The normalized spacial score (nSPS) is 11.9. The molecule has 0 N–H and O–H groups in total. The van der Waals surface area contributed by atoms with Crippen LogP contribution in [0.15, 0.2) is 16.7 Å². The molecular formula is C11H12BrF2N3. The Morgan fingerprint density at radius 1 is 1.35 bits per heavy atom. The minimum atomic E-state index is -2.50. The predicted octanol–water partition coefficient (Wildman–Crippen LogP) is 3.63. The van der Waals surface area contributed by atoms with Crippen molar-refractivity contribution in [2.75, 3.05) is 0 Å². The first-order chi connectivity index (χ1) is 7.97. The lowest BCUT2D eigenvalue weighted by molar-refractivity contribution is 0.151. The van der Waals surface area contributed by atoms with Crippen LogP contribution in [0.2, 0.25) is 0 Å². The molecule has 0 aliphatic heterocycles. The van der Waals surface area contributed by atoms with E-state index >= 15 is 0 Å². The van der Waals surface area contributed by atoms with E-state index < -0.39 is 6.43 Å². The molecule has 17 heavy (non-hydrogen) atoms. The Kier molecular flexibility index (Phi) is 3.42. The second-order valence-corrected chi connectivity index (χ2v) is 5.12. The largest absolute Gasteiger partial charge is 0.264 e. The summed E-state index contributed by atoms with van der Waals surface area (Å²) in [4.78, 5) is 4.25. The summed E-state index contributed by atoms with van der Waals surface area (Å²) in [5, 5.41) is 4.27. The third-order valence-electron chi connectivity index (χ3n) is 2.30. The van der Waals surface area contributed by atoms with Gasteiger partial charge in [-0.2, -0.15) is 5.10 Å². The Bertz CT molecular complexity index is 537. The van der Waals surface area contributed by atoms with Crippen molar-refractivity contribution >= 4 is 21.6 Å². The molecule has 0 fully saturated rings. The molecule has 0 spiro atoms. The van der Waals surface area contributed by atoms with Crippen LogP contribution in [0.5, 0.6) is 0 Å². The van der Waals surface area contributed by atoms with Crippen molar-refractivity contribution < 1.29 is 8.78 Å². The molecule has 0 radical (unpaired) electrons. The summed E-state index contributed by atoms with van der Waals surface area (Å²) in [5.74, 6) is 1.10. The quantitative estimate of drug-likeness (QED) is 0.811. The number of hydrogen-bond acceptors (Lipinski definition) is 2. The van der Waals surface area contributed by atoms with Crippen molar-refractivity contribution in [3.63, 3.8) is 0 Å². The van der Waals surface area contributed by atoms with Crippen LogP contribution >= 0.6 is 15.9 Å². The Labute approximate surface area is 106 Å². The van der Waals surface area contributed by atoms with E-state index in [1.54, 1.807) is 0 Å². The lowest BCUT2D eigenvalue weighted by Crippen LogP contribution is -1.97. The molecule has 2 aromatic heterocycles. The van der Waals surface area contributed by atoms with Gasteiger partial charge in [-0.15, -0.1) is 0 Å². The van der Waals surface area contributed by atoms with E-state index in [9.17, 15) is 8.78 Å². The second-order valence-electron chi connectivity index (χ2n) is 4.31. The maximum Gasteiger partial charge on any atom is 0.264 e. The average Bonchev–Trinajstić information content (AvgIpc) is 2.59. The molecule has 2 rings (SSSR count). The van der Waals surface area contributed by atoms with Gasteiger partial charge in [-0.05, 0) is 34.0 Å². The number of fused-ring (bicyclic) bond motifs is 1. The van der Waals surface area contributed by atoms with E-state index in [0.29, 0.717) is 22.0 Å². The van der Waals surface area contributed by atoms with Crippen LogP contribution in [0.4, 0.5) is 8.78 Å². The number of rotatable bonds is 3. The van der Waals surface area contributed by atoms with Gasteiger partial charge in [-0.3, -0.25) is 0 Å². The summed E-state index contributed by atoms with van der Waals surface area (Å²) in [6.45, 7) is 4.12. The van der Waals surface area contributed by atoms with Gasteiger partial charge >= 0.3 is 0 Å². The van der Waals surface area contributed by atoms with Crippen LogP contribution in [0.25, 0.3) is 5.65 Å². The van der Waals surface area contributed by atoms with Gasteiger partial charge in [0, 0.05) is 12.0 Å². The first kappa shape index (κ1) is 12.4. The predicted molar refractivity (Wildman–Crippen MR) is 64.2 cm³/mol. The highest BCUT2D eigenvalue weighted by atomic mass is 79.9. The highest BCUT2D eigenvalue weighted by Crippen LogP contribution is 2.24. The molecule has 3 nitrogen and oxygen atoms in total. The first-order valence-electron chi connectivity index (χ1n) is 5.30. The minimum absolute atomic E-state index is 0.0483. The molecular weight excluding hydrogens is 292 g/mol. The number of hydrogen-bond donors (Lipinski definition) is 0. The first-order valence-corrected chi connectivity index (χ1v) is 6.10. The van der Waals surface area contributed by atoms with Crippen LogP contribution in [0.1, 0.15) is 31.7 Å². The zero-order valence-electron chi connectivity index (χ0n) is 9.49. The van der Waals surface area contributed by atoms with Crippen LogP contribution in [0, 0.1) is 5.92 Å². The Balaban J connectivity index is 2.49. The second kappa shape index (κ2) is 4.68. The summed E-state index contributed by atoms with van der Waals surface area (Å²) in [6, 6.07) is 2.73. The maximum absolute atomic E-state index is 12.6. The minimum Gasteiger partial charge on any atom is -0.212 e. The van der Waals surface area contributed by atoms with E-state index in [4.69, 9.17) is 0 Å². The molecule has 0 unspecified atom stereocenters. The number of halogens is 3.